The molecule has 130 valence electrons. The highest BCUT2D eigenvalue weighted by atomic mass is 32.1. The van der Waals surface area contributed by atoms with E-state index in [0.29, 0.717) is 22.6 Å². The predicted molar refractivity (Wildman–Crippen MR) is 97.2 cm³/mol. The molecule has 7 heteroatoms. The van der Waals surface area contributed by atoms with E-state index in [1.54, 1.807) is 27.5 Å². The van der Waals surface area contributed by atoms with E-state index in [0.717, 1.165) is 10.4 Å². The van der Waals surface area contributed by atoms with Crippen LogP contribution in [0.15, 0.2) is 41.9 Å². The topological polar surface area (TPSA) is 52.2 Å². The van der Waals surface area contributed by atoms with Gasteiger partial charge in [0.2, 0.25) is 0 Å². The number of carbonyl (C=O) groups is 1. The molecule has 3 rings (SSSR count). The van der Waals surface area contributed by atoms with Crippen LogP contribution in [-0.2, 0) is 6.54 Å². The van der Waals surface area contributed by atoms with Crippen molar-refractivity contribution in [3.63, 3.8) is 0 Å². The lowest BCUT2D eigenvalue weighted by Gasteiger charge is -2.08. The van der Waals surface area contributed by atoms with Crippen LogP contribution in [0.1, 0.15) is 36.1 Å². The number of carbonyl (C=O) groups excluding carboxylic acids is 1. The molecule has 5 nitrogen and oxygen atoms in total. The molecule has 0 unspecified atom stereocenters. The first-order valence-corrected chi connectivity index (χ1v) is 8.78. The Bertz CT molecular complexity index is 1030. The number of thiazole rings is 1. The number of halogens is 1. The summed E-state index contributed by atoms with van der Waals surface area (Å²) in [7, 11) is 0. The number of nitrogens with zero attached hydrogens (tertiary/aromatic N) is 4. The Hall–Kier alpha value is -2.54. The van der Waals surface area contributed by atoms with Gasteiger partial charge >= 0.3 is 0 Å². The first-order chi connectivity index (χ1) is 11.9. The fraction of sp³-hybridized carbons (Fsp3) is 0.278. The van der Waals surface area contributed by atoms with Crippen LogP contribution in [0.5, 0.6) is 0 Å². The summed E-state index contributed by atoms with van der Waals surface area (Å²) in [6, 6.07) is 6.63. The number of aryl methyl sites for hydroxylation is 1. The number of allylic oxidation sites excluding steroid dienone is 1. The van der Waals surface area contributed by atoms with Crippen LogP contribution in [0, 0.1) is 12.7 Å². The molecule has 25 heavy (non-hydrogen) atoms. The minimum atomic E-state index is -0.390. The van der Waals surface area contributed by atoms with Gasteiger partial charge in [-0.05, 0) is 39.0 Å². The SMILES string of the molecule is C=CCn1c(=NC(=O)c2cc(C)nn2C(C)C)sc2cccc(F)c21. The van der Waals surface area contributed by atoms with Gasteiger partial charge in [-0.2, -0.15) is 10.1 Å². The molecule has 0 saturated heterocycles. The van der Waals surface area contributed by atoms with Crippen LogP contribution in [0.3, 0.4) is 0 Å². The van der Waals surface area contributed by atoms with Crippen LogP contribution >= 0.6 is 11.3 Å². The van der Waals surface area contributed by atoms with Gasteiger partial charge in [-0.15, -0.1) is 6.58 Å². The average molecular weight is 358 g/mol. The summed E-state index contributed by atoms with van der Waals surface area (Å²) in [5.74, 6) is -0.730. The first-order valence-electron chi connectivity index (χ1n) is 7.96. The molecule has 0 radical (unpaired) electrons. The summed E-state index contributed by atoms with van der Waals surface area (Å²) < 4.78 is 18.3. The second-order valence-corrected chi connectivity index (χ2v) is 7.01. The van der Waals surface area contributed by atoms with E-state index in [1.165, 1.54) is 17.4 Å². The molecule has 0 aliphatic rings. The Morgan fingerprint density at radius 2 is 2.24 bits per heavy atom. The van der Waals surface area contributed by atoms with E-state index in [1.807, 2.05) is 26.8 Å². The van der Waals surface area contributed by atoms with Gasteiger partial charge in [0.1, 0.15) is 11.5 Å². The monoisotopic (exact) mass is 358 g/mol. The van der Waals surface area contributed by atoms with Crippen LogP contribution in [0.25, 0.3) is 10.2 Å². The van der Waals surface area contributed by atoms with Gasteiger partial charge in [0.15, 0.2) is 4.80 Å². The van der Waals surface area contributed by atoms with Crippen molar-refractivity contribution in [2.45, 2.75) is 33.4 Å². The molecule has 0 spiro atoms. The smallest absolute Gasteiger partial charge is 0.297 e. The average Bonchev–Trinajstić information content (AvgIpc) is 3.10. The maximum Gasteiger partial charge on any atom is 0.297 e. The summed E-state index contributed by atoms with van der Waals surface area (Å²) in [5.41, 5.74) is 1.62. The maximum absolute atomic E-state index is 14.2. The Balaban J connectivity index is 2.19. The fourth-order valence-corrected chi connectivity index (χ4v) is 3.74. The van der Waals surface area contributed by atoms with Gasteiger partial charge in [0.25, 0.3) is 5.91 Å². The van der Waals surface area contributed by atoms with E-state index in [4.69, 9.17) is 0 Å². The van der Waals surface area contributed by atoms with Crippen molar-refractivity contribution in [1.82, 2.24) is 14.3 Å². The number of hydrogen-bond acceptors (Lipinski definition) is 3. The number of rotatable bonds is 4. The first kappa shape index (κ1) is 17.3. The molecule has 0 bridgehead atoms. The quantitative estimate of drug-likeness (QED) is 0.665. The van der Waals surface area contributed by atoms with Crippen molar-refractivity contribution >= 4 is 27.5 Å². The highest BCUT2D eigenvalue weighted by Crippen LogP contribution is 2.20. The summed E-state index contributed by atoms with van der Waals surface area (Å²) in [6.45, 7) is 9.83. The fourth-order valence-electron chi connectivity index (χ4n) is 2.68. The number of hydrogen-bond donors (Lipinski definition) is 0. The largest absolute Gasteiger partial charge is 0.310 e. The van der Waals surface area contributed by atoms with E-state index in [-0.39, 0.29) is 17.8 Å². The molecule has 2 heterocycles. The van der Waals surface area contributed by atoms with Crippen LogP contribution in [-0.4, -0.2) is 20.3 Å². The van der Waals surface area contributed by atoms with E-state index >= 15 is 0 Å². The predicted octanol–water partition coefficient (Wildman–Crippen LogP) is 3.85. The van der Waals surface area contributed by atoms with Crippen LogP contribution < -0.4 is 4.80 Å². The van der Waals surface area contributed by atoms with E-state index < -0.39 is 0 Å². The summed E-state index contributed by atoms with van der Waals surface area (Å²) >= 11 is 1.28. The number of amides is 1. The summed E-state index contributed by atoms with van der Waals surface area (Å²) in [5, 5.41) is 4.34. The molecule has 0 atom stereocenters. The Labute approximate surface area is 148 Å². The second kappa shape index (κ2) is 6.76. The molecule has 1 aromatic carbocycles. The van der Waals surface area contributed by atoms with Gasteiger partial charge in [0, 0.05) is 12.6 Å². The number of para-hydroxylation sites is 1. The van der Waals surface area contributed by atoms with Crippen LogP contribution in [0.2, 0.25) is 0 Å². The maximum atomic E-state index is 14.2. The molecule has 0 saturated carbocycles. The third-order valence-corrected chi connectivity index (χ3v) is 4.77. The minimum Gasteiger partial charge on any atom is -0.310 e. The number of fused-ring (bicyclic) bond motifs is 1. The normalized spacial score (nSPS) is 12.3. The van der Waals surface area contributed by atoms with Gasteiger partial charge in [-0.3, -0.25) is 9.48 Å². The van der Waals surface area contributed by atoms with Gasteiger partial charge in [-0.25, -0.2) is 4.39 Å². The molecular weight excluding hydrogens is 339 g/mol. The lowest BCUT2D eigenvalue weighted by atomic mass is 10.3. The summed E-state index contributed by atoms with van der Waals surface area (Å²) in [4.78, 5) is 17.4. The Morgan fingerprint density at radius 3 is 2.92 bits per heavy atom. The standard InChI is InChI=1S/C18H19FN4OS/c1-5-9-22-16-13(19)7-6-8-15(16)25-18(22)20-17(24)14-10-12(4)21-23(14)11(2)3/h5-8,10-11H,1,9H2,2-4H3. The number of aromatic nitrogens is 3. The molecule has 2 aromatic heterocycles. The van der Waals surface area contributed by atoms with Crippen molar-refractivity contribution in [2.75, 3.05) is 0 Å². The van der Waals surface area contributed by atoms with Gasteiger partial charge < -0.3 is 4.57 Å². The Morgan fingerprint density at radius 1 is 1.48 bits per heavy atom. The molecule has 3 aromatic rings. The summed E-state index contributed by atoms with van der Waals surface area (Å²) in [6.07, 6.45) is 1.66. The van der Waals surface area contributed by atoms with Crippen molar-refractivity contribution in [3.05, 3.63) is 58.9 Å². The zero-order valence-corrected chi connectivity index (χ0v) is 15.2. The Kier molecular flexibility index (Phi) is 4.67. The highest BCUT2D eigenvalue weighted by molar-refractivity contribution is 7.16. The van der Waals surface area contributed by atoms with Gasteiger partial charge in [-0.1, -0.05) is 23.5 Å². The van der Waals surface area contributed by atoms with E-state index in [2.05, 4.69) is 16.7 Å². The van der Waals surface area contributed by atoms with Crippen molar-refractivity contribution < 1.29 is 9.18 Å². The van der Waals surface area contributed by atoms with Crippen molar-refractivity contribution in [2.24, 2.45) is 4.99 Å². The molecule has 0 aliphatic heterocycles. The van der Waals surface area contributed by atoms with Crippen molar-refractivity contribution in [3.8, 4) is 0 Å². The van der Waals surface area contributed by atoms with Gasteiger partial charge in [0.05, 0.1) is 15.9 Å². The molecule has 1 amide bonds. The molecule has 0 N–H and O–H groups in total. The lowest BCUT2D eigenvalue weighted by Crippen LogP contribution is -2.18. The zero-order valence-electron chi connectivity index (χ0n) is 14.4. The number of benzene rings is 1. The van der Waals surface area contributed by atoms with E-state index in [9.17, 15) is 9.18 Å². The minimum absolute atomic E-state index is 0.0444. The highest BCUT2D eigenvalue weighted by Gasteiger charge is 2.17. The van der Waals surface area contributed by atoms with Crippen molar-refractivity contribution in [1.29, 1.82) is 0 Å². The third-order valence-electron chi connectivity index (χ3n) is 3.73. The third kappa shape index (κ3) is 3.19. The zero-order chi connectivity index (χ0) is 18.1. The molecule has 0 aliphatic carbocycles. The van der Waals surface area contributed by atoms with Crippen LogP contribution in [0.4, 0.5) is 4.39 Å². The second-order valence-electron chi connectivity index (χ2n) is 6.00. The molecular formula is C18H19FN4OS. The lowest BCUT2D eigenvalue weighted by molar-refractivity contribution is 0.0986. The molecule has 0 fully saturated rings.